The van der Waals surface area contributed by atoms with Gasteiger partial charge in [-0.1, -0.05) is 0 Å². The summed E-state index contributed by atoms with van der Waals surface area (Å²) in [4.78, 5) is 0. The standard InChI is InChI=1S/C8H9NO2S.2ClH.Ru/c1-9(12(2,10)11)8-6-4-3-5-7-8;;;/h1,3-7H,2H3;2*1H;/q;;;+2/p-2. The summed E-state index contributed by atoms with van der Waals surface area (Å²) in [6.07, 6.45) is 1.11. The van der Waals surface area contributed by atoms with Gasteiger partial charge < -0.3 is 0 Å². The van der Waals surface area contributed by atoms with Crippen LogP contribution in [0.15, 0.2) is 30.3 Å². The van der Waals surface area contributed by atoms with Crippen molar-refractivity contribution < 1.29 is 21.9 Å². The van der Waals surface area contributed by atoms with Crippen molar-refractivity contribution in [2.45, 2.75) is 0 Å². The molecule has 0 aliphatic carbocycles. The molecular formula is C8H9Cl2NO2RuS. The van der Waals surface area contributed by atoms with Gasteiger partial charge in [-0.05, 0) is 0 Å². The second-order valence-electron chi connectivity index (χ2n) is 2.69. The Morgan fingerprint density at radius 2 is 1.80 bits per heavy atom. The molecule has 0 aromatic heterocycles. The summed E-state index contributed by atoms with van der Waals surface area (Å²) in [5.74, 6) is 0. The van der Waals surface area contributed by atoms with Crippen molar-refractivity contribution >= 4 is 39.8 Å². The first-order chi connectivity index (χ1) is 6.91. The van der Waals surface area contributed by atoms with E-state index >= 15 is 0 Å². The number of para-hydroxylation sites is 1. The number of benzene rings is 1. The summed E-state index contributed by atoms with van der Waals surface area (Å²) in [5, 5.41) is 0. The second kappa shape index (κ2) is 5.40. The molecule has 86 valence electrons. The van der Waals surface area contributed by atoms with Crippen LogP contribution in [-0.4, -0.2) is 19.4 Å². The van der Waals surface area contributed by atoms with Gasteiger partial charge in [-0.15, -0.1) is 0 Å². The molecule has 1 rings (SSSR count). The van der Waals surface area contributed by atoms with Gasteiger partial charge in [-0.2, -0.15) is 0 Å². The predicted molar refractivity (Wildman–Crippen MR) is 61.5 cm³/mol. The van der Waals surface area contributed by atoms with E-state index in [1.54, 1.807) is 30.3 Å². The Morgan fingerprint density at radius 3 is 2.20 bits per heavy atom. The zero-order chi connectivity index (χ0) is 11.5. The maximum absolute atomic E-state index is 11.5. The van der Waals surface area contributed by atoms with E-state index in [2.05, 4.69) is 0 Å². The molecule has 0 aliphatic heterocycles. The third-order valence-corrected chi connectivity index (χ3v) is 4.45. The van der Waals surface area contributed by atoms with E-state index in [-0.39, 0.29) is 0 Å². The van der Waals surface area contributed by atoms with E-state index < -0.39 is 23.5 Å². The van der Waals surface area contributed by atoms with Gasteiger partial charge >= 0.3 is 103 Å². The SMILES string of the molecule is CS(=O)(=O)N([CH]=[Ru]([Cl])[Cl])c1ccccc1. The van der Waals surface area contributed by atoms with Crippen molar-refractivity contribution in [1.29, 1.82) is 0 Å². The van der Waals surface area contributed by atoms with Crippen LogP contribution in [0.2, 0.25) is 0 Å². The van der Waals surface area contributed by atoms with E-state index in [1.807, 2.05) is 0 Å². The molecule has 0 atom stereocenters. The van der Waals surface area contributed by atoms with Crippen molar-refractivity contribution in [2.75, 3.05) is 10.6 Å². The predicted octanol–water partition coefficient (Wildman–Crippen LogP) is 2.14. The summed E-state index contributed by atoms with van der Waals surface area (Å²) < 4.78 is 25.4. The van der Waals surface area contributed by atoms with Crippen LogP contribution < -0.4 is 4.31 Å². The monoisotopic (exact) mass is 355 g/mol. The fourth-order valence-electron chi connectivity index (χ4n) is 0.949. The molecule has 0 aliphatic rings. The molecule has 1 aromatic carbocycles. The Labute approximate surface area is 102 Å². The minimum absolute atomic E-state index is 0.542. The first kappa shape index (κ1) is 13.1. The van der Waals surface area contributed by atoms with E-state index in [1.165, 1.54) is 4.73 Å². The van der Waals surface area contributed by atoms with Gasteiger partial charge in [0.05, 0.1) is 0 Å². The summed E-state index contributed by atoms with van der Waals surface area (Å²) >= 11 is -2.17. The molecule has 0 fully saturated rings. The average Bonchev–Trinajstić information content (AvgIpc) is 2.14. The zero-order valence-electron chi connectivity index (χ0n) is 7.75. The summed E-state index contributed by atoms with van der Waals surface area (Å²) in [6.45, 7) is 0. The summed E-state index contributed by atoms with van der Waals surface area (Å²) in [6, 6.07) is 8.67. The van der Waals surface area contributed by atoms with Crippen LogP contribution in [0, 0.1) is 0 Å². The fourth-order valence-corrected chi connectivity index (χ4v) is 4.90. The molecule has 0 spiro atoms. The molecule has 0 bridgehead atoms. The zero-order valence-corrected chi connectivity index (χ0v) is 11.8. The van der Waals surface area contributed by atoms with Gasteiger partial charge in [-0.3, -0.25) is 0 Å². The number of nitrogens with zero attached hydrogens (tertiary/aromatic N) is 1. The number of hydrogen-bond donors (Lipinski definition) is 0. The van der Waals surface area contributed by atoms with Crippen molar-refractivity contribution in [3.63, 3.8) is 0 Å². The molecule has 0 amide bonds. The summed E-state index contributed by atoms with van der Waals surface area (Å²) in [5.41, 5.74) is 0.542. The topological polar surface area (TPSA) is 37.4 Å². The van der Waals surface area contributed by atoms with Crippen LogP contribution >= 0.6 is 19.4 Å². The van der Waals surface area contributed by atoms with Crippen LogP contribution in [0.1, 0.15) is 0 Å². The molecular weight excluding hydrogens is 346 g/mol. The molecule has 0 saturated heterocycles. The van der Waals surface area contributed by atoms with Gasteiger partial charge in [-0.25, -0.2) is 0 Å². The third kappa shape index (κ3) is 4.19. The Morgan fingerprint density at radius 1 is 1.27 bits per heavy atom. The van der Waals surface area contributed by atoms with Crippen LogP contribution in [0.25, 0.3) is 0 Å². The van der Waals surface area contributed by atoms with E-state index in [0.29, 0.717) is 5.69 Å². The molecule has 3 nitrogen and oxygen atoms in total. The van der Waals surface area contributed by atoms with E-state index in [4.69, 9.17) is 19.4 Å². The first-order valence-corrected chi connectivity index (χ1v) is 11.1. The number of halogens is 2. The molecule has 7 heteroatoms. The Balaban J connectivity index is 3.21. The quantitative estimate of drug-likeness (QED) is 0.780. The van der Waals surface area contributed by atoms with Crippen molar-refractivity contribution in [1.82, 2.24) is 0 Å². The van der Waals surface area contributed by atoms with Crippen molar-refractivity contribution in [3.8, 4) is 0 Å². The molecule has 0 N–H and O–H groups in total. The van der Waals surface area contributed by atoms with Crippen molar-refractivity contribution in [2.24, 2.45) is 0 Å². The fraction of sp³-hybridized carbons (Fsp3) is 0.125. The van der Waals surface area contributed by atoms with Crippen LogP contribution in [0.5, 0.6) is 0 Å². The maximum atomic E-state index is 11.5. The van der Waals surface area contributed by atoms with Crippen LogP contribution in [0.3, 0.4) is 0 Å². The average molecular weight is 355 g/mol. The normalized spacial score (nSPS) is 12.1. The third-order valence-electron chi connectivity index (χ3n) is 1.52. The molecule has 0 heterocycles. The number of hydrogen-bond acceptors (Lipinski definition) is 2. The summed E-state index contributed by atoms with van der Waals surface area (Å²) in [7, 11) is 7.98. The number of rotatable bonds is 3. The van der Waals surface area contributed by atoms with Crippen LogP contribution in [-0.2, 0) is 23.5 Å². The molecule has 1 aromatic rings. The van der Waals surface area contributed by atoms with Gasteiger partial charge in [0.15, 0.2) is 0 Å². The van der Waals surface area contributed by atoms with Crippen molar-refractivity contribution in [3.05, 3.63) is 30.3 Å². The van der Waals surface area contributed by atoms with E-state index in [0.717, 1.165) is 10.6 Å². The Kier molecular flexibility index (Phi) is 4.72. The van der Waals surface area contributed by atoms with Gasteiger partial charge in [0.2, 0.25) is 0 Å². The second-order valence-corrected chi connectivity index (χ2v) is 10.2. The van der Waals surface area contributed by atoms with Gasteiger partial charge in [0, 0.05) is 0 Å². The molecule has 0 radical (unpaired) electrons. The molecule has 0 saturated carbocycles. The Hall–Kier alpha value is 0.0434. The number of sulfonamides is 1. The van der Waals surface area contributed by atoms with Crippen LogP contribution in [0.4, 0.5) is 5.69 Å². The van der Waals surface area contributed by atoms with Gasteiger partial charge in [0.1, 0.15) is 0 Å². The molecule has 0 unspecified atom stereocenters. The first-order valence-electron chi connectivity index (χ1n) is 3.79. The van der Waals surface area contributed by atoms with E-state index in [9.17, 15) is 8.42 Å². The van der Waals surface area contributed by atoms with Gasteiger partial charge in [0.25, 0.3) is 0 Å². The Bertz CT molecular complexity index is 457. The number of anilines is 1. The minimum atomic E-state index is -3.37. The molecule has 15 heavy (non-hydrogen) atoms.